The van der Waals surface area contributed by atoms with E-state index in [1.807, 2.05) is 43.3 Å². The lowest BCUT2D eigenvalue weighted by Crippen LogP contribution is -2.33. The Kier molecular flexibility index (Phi) is 7.86. The van der Waals surface area contributed by atoms with Crippen LogP contribution in [0.1, 0.15) is 61.9 Å². The first-order valence-corrected chi connectivity index (χ1v) is 12.5. The fraction of sp³-hybridized carbons (Fsp3) is 0.333. The molecule has 1 N–H and O–H groups in total. The molecule has 0 spiro atoms. The number of hydrogen-bond donors (Lipinski definition) is 1. The summed E-state index contributed by atoms with van der Waals surface area (Å²) in [6.07, 6.45) is 5.58. The number of para-hydroxylation sites is 1. The number of unbranched alkanes of at least 4 members (excludes halogenated alkanes) is 3. The molecule has 1 heterocycles. The highest BCUT2D eigenvalue weighted by atomic mass is 16.5. The Morgan fingerprint density at radius 2 is 1.66 bits per heavy atom. The number of carbonyl (C=O) groups excluding carboxylic acids is 2. The molecule has 3 aromatic rings. The van der Waals surface area contributed by atoms with Crippen LogP contribution in [0.5, 0.6) is 0 Å². The second-order valence-electron chi connectivity index (χ2n) is 9.14. The highest BCUT2D eigenvalue weighted by Crippen LogP contribution is 2.55. The second-order valence-corrected chi connectivity index (χ2v) is 9.14. The summed E-state index contributed by atoms with van der Waals surface area (Å²) in [5.41, 5.74) is 6.53. The number of esters is 1. The van der Waals surface area contributed by atoms with E-state index in [0.717, 1.165) is 46.6 Å². The Labute approximate surface area is 208 Å². The highest BCUT2D eigenvalue weighted by molar-refractivity contribution is 6.06. The molecule has 3 aromatic carbocycles. The predicted octanol–water partition coefficient (Wildman–Crippen LogP) is 7.15. The number of hydrogen-bond acceptors (Lipinski definition) is 4. The minimum absolute atomic E-state index is 0.00774. The van der Waals surface area contributed by atoms with Crippen molar-refractivity contribution in [1.82, 2.24) is 5.32 Å². The predicted molar refractivity (Wildman–Crippen MR) is 141 cm³/mol. The number of ether oxygens (including phenoxy) is 1. The molecule has 1 aliphatic heterocycles. The number of anilines is 3. The normalized spacial score (nSPS) is 12.6. The van der Waals surface area contributed by atoms with Crippen LogP contribution in [0.25, 0.3) is 11.1 Å². The number of benzene rings is 3. The topological polar surface area (TPSA) is 58.6 Å². The molecular formula is C30H34N2O3. The summed E-state index contributed by atoms with van der Waals surface area (Å²) in [6, 6.07) is 21.8. The van der Waals surface area contributed by atoms with E-state index in [0.29, 0.717) is 12.1 Å². The number of nitrogens with one attached hydrogen (secondary N) is 1. The third kappa shape index (κ3) is 5.09. The largest absolute Gasteiger partial charge is 0.465 e. The second kappa shape index (κ2) is 11.2. The Hall–Kier alpha value is -3.60. The molecule has 182 valence electrons. The van der Waals surface area contributed by atoms with Crippen LogP contribution in [0.2, 0.25) is 0 Å². The van der Waals surface area contributed by atoms with Crippen molar-refractivity contribution in [3.8, 4) is 11.1 Å². The lowest BCUT2D eigenvalue weighted by atomic mass is 9.89. The number of amides is 1. The van der Waals surface area contributed by atoms with E-state index in [1.165, 1.54) is 26.4 Å². The van der Waals surface area contributed by atoms with E-state index < -0.39 is 0 Å². The highest BCUT2D eigenvalue weighted by Gasteiger charge is 2.35. The van der Waals surface area contributed by atoms with Crippen LogP contribution in [0, 0.1) is 5.92 Å². The zero-order chi connectivity index (χ0) is 24.8. The molecule has 5 heteroatoms. The molecule has 1 amide bonds. The van der Waals surface area contributed by atoms with Crippen LogP contribution in [0.4, 0.5) is 17.1 Å². The maximum atomic E-state index is 12.8. The van der Waals surface area contributed by atoms with Gasteiger partial charge in [-0.3, -0.25) is 4.79 Å². The summed E-state index contributed by atoms with van der Waals surface area (Å²) in [5.74, 6) is -0.290. The van der Waals surface area contributed by atoms with Crippen molar-refractivity contribution >= 4 is 28.9 Å². The van der Waals surface area contributed by atoms with Crippen molar-refractivity contribution < 1.29 is 14.3 Å². The van der Waals surface area contributed by atoms with Crippen LogP contribution in [0.3, 0.4) is 0 Å². The van der Waals surface area contributed by atoms with Crippen LogP contribution in [-0.4, -0.2) is 19.0 Å². The Morgan fingerprint density at radius 1 is 0.914 bits per heavy atom. The van der Waals surface area contributed by atoms with Gasteiger partial charge in [0.05, 0.1) is 29.7 Å². The van der Waals surface area contributed by atoms with E-state index in [2.05, 4.69) is 41.4 Å². The molecule has 5 nitrogen and oxygen atoms in total. The smallest absolute Gasteiger partial charge is 0.339 e. The van der Waals surface area contributed by atoms with E-state index in [9.17, 15) is 9.59 Å². The van der Waals surface area contributed by atoms with Gasteiger partial charge in [-0.05, 0) is 30.2 Å². The zero-order valence-corrected chi connectivity index (χ0v) is 20.8. The van der Waals surface area contributed by atoms with Gasteiger partial charge in [-0.15, -0.1) is 0 Å². The molecular weight excluding hydrogens is 436 g/mol. The van der Waals surface area contributed by atoms with Gasteiger partial charge in [-0.1, -0.05) is 88.1 Å². The first kappa shape index (κ1) is 24.5. The van der Waals surface area contributed by atoms with E-state index in [1.54, 1.807) is 6.07 Å². The molecule has 4 rings (SSSR count). The number of rotatable bonds is 11. The van der Waals surface area contributed by atoms with Crippen LogP contribution >= 0.6 is 0 Å². The average Bonchev–Trinajstić information content (AvgIpc) is 2.91. The number of nitrogens with zero attached hydrogens (tertiary/aromatic N) is 1. The average molecular weight is 471 g/mol. The zero-order valence-electron chi connectivity index (χ0n) is 20.8. The van der Waals surface area contributed by atoms with Crippen molar-refractivity contribution in [2.75, 3.05) is 12.0 Å². The molecule has 1 atom stereocenters. The monoisotopic (exact) mass is 470 g/mol. The molecule has 0 radical (unpaired) electrons. The third-order valence-electron chi connectivity index (χ3n) is 6.74. The van der Waals surface area contributed by atoms with Gasteiger partial charge in [-0.2, -0.15) is 0 Å². The Balaban J connectivity index is 1.61. The first-order chi connectivity index (χ1) is 17.1. The van der Waals surface area contributed by atoms with Crippen molar-refractivity contribution in [1.29, 1.82) is 0 Å². The molecule has 0 aromatic heterocycles. The maximum absolute atomic E-state index is 12.8. The SMILES string of the molecule is CCCCCCC(C)C(=O)NCc1c2ccc(-c3ccccc3)c1N2c1ccccc1C(=O)OC. The Morgan fingerprint density at radius 3 is 2.40 bits per heavy atom. The third-order valence-corrected chi connectivity index (χ3v) is 6.74. The maximum Gasteiger partial charge on any atom is 0.339 e. The summed E-state index contributed by atoms with van der Waals surface area (Å²) in [5, 5.41) is 3.16. The summed E-state index contributed by atoms with van der Waals surface area (Å²) in [7, 11) is 1.40. The van der Waals surface area contributed by atoms with Gasteiger partial charge in [0.15, 0.2) is 0 Å². The lowest BCUT2D eigenvalue weighted by Gasteiger charge is -2.41. The lowest BCUT2D eigenvalue weighted by molar-refractivity contribution is -0.124. The molecule has 0 saturated heterocycles. The van der Waals surface area contributed by atoms with Gasteiger partial charge < -0.3 is 15.0 Å². The number of methoxy groups -OCH3 is 1. The first-order valence-electron chi connectivity index (χ1n) is 12.5. The fourth-order valence-electron chi connectivity index (χ4n) is 4.74. The molecule has 2 bridgehead atoms. The van der Waals surface area contributed by atoms with Crippen molar-refractivity contribution in [3.05, 3.63) is 77.9 Å². The van der Waals surface area contributed by atoms with Crippen LogP contribution in [0.15, 0.2) is 66.7 Å². The van der Waals surface area contributed by atoms with E-state index in [4.69, 9.17) is 4.74 Å². The van der Waals surface area contributed by atoms with Crippen LogP contribution in [-0.2, 0) is 16.1 Å². The number of carbonyl (C=O) groups is 2. The quantitative estimate of drug-likeness (QED) is 0.187. The minimum atomic E-state index is -0.372. The molecule has 1 aliphatic rings. The van der Waals surface area contributed by atoms with Crippen molar-refractivity contribution in [2.45, 2.75) is 52.5 Å². The van der Waals surface area contributed by atoms with Gasteiger partial charge in [0, 0.05) is 23.6 Å². The van der Waals surface area contributed by atoms with Gasteiger partial charge in [-0.25, -0.2) is 4.79 Å². The van der Waals surface area contributed by atoms with Gasteiger partial charge in [0.25, 0.3) is 0 Å². The molecule has 0 fully saturated rings. The molecule has 0 aliphatic carbocycles. The fourth-order valence-corrected chi connectivity index (χ4v) is 4.74. The van der Waals surface area contributed by atoms with Crippen LogP contribution < -0.4 is 10.2 Å². The van der Waals surface area contributed by atoms with E-state index >= 15 is 0 Å². The minimum Gasteiger partial charge on any atom is -0.465 e. The standard InChI is InChI=1S/C30H34N2O3/c1-4-5-6-8-13-21(2)29(33)31-20-25-27-19-18-23(22-14-9-7-10-15-22)28(25)32(27)26-17-12-11-16-24(26)30(34)35-3/h7,9-12,14-19,21H,4-6,8,13,20H2,1-3H3,(H,31,33). The summed E-state index contributed by atoms with van der Waals surface area (Å²) in [6.45, 7) is 4.66. The number of fused-ring (bicyclic) bond motifs is 2. The summed E-state index contributed by atoms with van der Waals surface area (Å²) in [4.78, 5) is 27.4. The van der Waals surface area contributed by atoms with E-state index in [-0.39, 0.29) is 17.8 Å². The van der Waals surface area contributed by atoms with Crippen molar-refractivity contribution in [3.63, 3.8) is 0 Å². The van der Waals surface area contributed by atoms with Gasteiger partial charge in [0.2, 0.25) is 5.91 Å². The summed E-state index contributed by atoms with van der Waals surface area (Å²) < 4.78 is 5.04. The molecule has 35 heavy (non-hydrogen) atoms. The van der Waals surface area contributed by atoms with Crippen molar-refractivity contribution in [2.24, 2.45) is 5.92 Å². The molecule has 0 saturated carbocycles. The molecule has 1 unspecified atom stereocenters. The van der Waals surface area contributed by atoms with Gasteiger partial charge in [0.1, 0.15) is 0 Å². The van der Waals surface area contributed by atoms with Gasteiger partial charge >= 0.3 is 5.97 Å². The Bertz CT molecular complexity index is 1190. The summed E-state index contributed by atoms with van der Waals surface area (Å²) >= 11 is 0.